The average Bonchev–Trinajstić information content (AvgIpc) is 2.51. The van der Waals surface area contributed by atoms with Crippen LogP contribution in [0, 0.1) is 0 Å². The molecule has 0 aromatic heterocycles. The zero-order chi connectivity index (χ0) is 18.2. The van der Waals surface area contributed by atoms with E-state index in [0.29, 0.717) is 16.5 Å². The number of benzene rings is 2. The Morgan fingerprint density at radius 3 is 2.68 bits per heavy atom. The molecule has 0 aliphatic carbocycles. The van der Waals surface area contributed by atoms with Crippen LogP contribution in [0.2, 0.25) is 10.0 Å². The fraction of sp³-hybridized carbons (Fsp3) is 0.294. The third kappa shape index (κ3) is 4.39. The Balaban J connectivity index is 1.94. The molecule has 2 aromatic rings. The maximum Gasteiger partial charge on any atom is 0.229 e. The number of nitrogens with one attached hydrogen (secondary N) is 2. The molecule has 0 amide bonds. The maximum atomic E-state index is 11.5. The molecule has 1 heterocycles. The quantitative estimate of drug-likeness (QED) is 0.686. The van der Waals surface area contributed by atoms with Gasteiger partial charge in [0.25, 0.3) is 0 Å². The average molecular weight is 401 g/mol. The number of phenolic OH excluding ortho intramolecular Hbond substituents is 1. The van der Waals surface area contributed by atoms with Gasteiger partial charge in [0.05, 0.1) is 22.0 Å². The number of fused-ring (bicyclic) bond motifs is 1. The minimum Gasteiger partial charge on any atom is -0.506 e. The molecule has 0 radical (unpaired) electrons. The van der Waals surface area contributed by atoms with E-state index in [0.717, 1.165) is 35.9 Å². The van der Waals surface area contributed by atoms with Crippen molar-refractivity contribution >= 4 is 38.9 Å². The molecule has 3 N–H and O–H groups in total. The largest absolute Gasteiger partial charge is 0.506 e. The highest BCUT2D eigenvalue weighted by molar-refractivity contribution is 7.92. The van der Waals surface area contributed by atoms with Gasteiger partial charge in [0, 0.05) is 6.04 Å². The molecule has 0 bridgehead atoms. The zero-order valence-electron chi connectivity index (χ0n) is 13.5. The smallest absolute Gasteiger partial charge is 0.229 e. The number of rotatable bonds is 4. The van der Waals surface area contributed by atoms with Crippen LogP contribution in [-0.4, -0.2) is 26.3 Å². The molecular weight excluding hydrogens is 383 g/mol. The Hall–Kier alpha value is -1.47. The maximum absolute atomic E-state index is 11.5. The van der Waals surface area contributed by atoms with Gasteiger partial charge in [-0.3, -0.25) is 4.72 Å². The zero-order valence-corrected chi connectivity index (χ0v) is 15.8. The minimum absolute atomic E-state index is 0.0123. The van der Waals surface area contributed by atoms with Gasteiger partial charge in [-0.2, -0.15) is 0 Å². The third-order valence-electron chi connectivity index (χ3n) is 4.14. The van der Waals surface area contributed by atoms with E-state index in [1.54, 1.807) is 18.2 Å². The molecule has 5 nitrogen and oxygen atoms in total. The summed E-state index contributed by atoms with van der Waals surface area (Å²) in [4.78, 5) is 0. The highest BCUT2D eigenvalue weighted by Crippen LogP contribution is 2.35. The molecule has 0 spiro atoms. The predicted octanol–water partition coefficient (Wildman–Crippen LogP) is 3.50. The first-order valence-corrected chi connectivity index (χ1v) is 10.4. The molecule has 0 saturated heterocycles. The fourth-order valence-electron chi connectivity index (χ4n) is 3.05. The molecule has 134 valence electrons. The lowest BCUT2D eigenvalue weighted by molar-refractivity contribution is 0.469. The standard InChI is InChI=1S/C17H18Cl2N2O3S/c1-25(23,24)21-16-9-12-11(8-17(16)22)4-5-20-15(12)7-10-2-3-13(18)14(19)6-10/h2-3,6,8-9,15,20-22H,4-5,7H2,1H3. The van der Waals surface area contributed by atoms with Crippen molar-refractivity contribution in [2.24, 2.45) is 0 Å². The Morgan fingerprint density at radius 1 is 1.24 bits per heavy atom. The van der Waals surface area contributed by atoms with E-state index >= 15 is 0 Å². The van der Waals surface area contributed by atoms with E-state index in [1.165, 1.54) is 0 Å². The molecule has 8 heteroatoms. The molecule has 1 aliphatic heterocycles. The molecule has 2 aromatic carbocycles. The van der Waals surface area contributed by atoms with Gasteiger partial charge in [0.2, 0.25) is 10.0 Å². The van der Waals surface area contributed by atoms with Crippen LogP contribution in [0.5, 0.6) is 5.75 Å². The molecular formula is C17H18Cl2N2O3S. The Morgan fingerprint density at radius 2 is 2.00 bits per heavy atom. The van der Waals surface area contributed by atoms with E-state index in [1.807, 2.05) is 12.1 Å². The summed E-state index contributed by atoms with van der Waals surface area (Å²) in [5.74, 6) is -0.0700. The summed E-state index contributed by atoms with van der Waals surface area (Å²) in [5, 5.41) is 14.5. The number of anilines is 1. The number of halogens is 2. The lowest BCUT2D eigenvalue weighted by Gasteiger charge is -2.28. The fourth-order valence-corrected chi connectivity index (χ4v) is 3.93. The monoisotopic (exact) mass is 400 g/mol. The van der Waals surface area contributed by atoms with Gasteiger partial charge in [-0.15, -0.1) is 0 Å². The van der Waals surface area contributed by atoms with Crippen molar-refractivity contribution in [3.8, 4) is 5.75 Å². The summed E-state index contributed by atoms with van der Waals surface area (Å²) in [7, 11) is -3.48. The number of aromatic hydroxyl groups is 1. The molecule has 1 atom stereocenters. The van der Waals surface area contributed by atoms with Crippen molar-refractivity contribution < 1.29 is 13.5 Å². The summed E-state index contributed by atoms with van der Waals surface area (Å²) in [5.41, 5.74) is 3.16. The number of hydrogen-bond acceptors (Lipinski definition) is 4. The van der Waals surface area contributed by atoms with Crippen LogP contribution in [0.25, 0.3) is 0 Å². The van der Waals surface area contributed by atoms with Crippen molar-refractivity contribution in [3.05, 3.63) is 57.1 Å². The minimum atomic E-state index is -3.48. The van der Waals surface area contributed by atoms with Gasteiger partial charge in [-0.05, 0) is 60.3 Å². The van der Waals surface area contributed by atoms with Crippen molar-refractivity contribution in [2.45, 2.75) is 18.9 Å². The Bertz CT molecular complexity index is 916. The first-order chi connectivity index (χ1) is 11.7. The summed E-state index contributed by atoms with van der Waals surface area (Å²) in [6.07, 6.45) is 2.49. The van der Waals surface area contributed by atoms with Gasteiger partial charge in [0.15, 0.2) is 0 Å². The summed E-state index contributed by atoms with van der Waals surface area (Å²) in [6.45, 7) is 0.775. The lowest BCUT2D eigenvalue weighted by atomic mass is 9.89. The summed E-state index contributed by atoms with van der Waals surface area (Å²) < 4.78 is 25.4. The summed E-state index contributed by atoms with van der Waals surface area (Å²) in [6, 6.07) is 8.82. The van der Waals surface area contributed by atoms with Gasteiger partial charge in [0.1, 0.15) is 5.75 Å². The van der Waals surface area contributed by atoms with Crippen molar-refractivity contribution in [3.63, 3.8) is 0 Å². The second-order valence-electron chi connectivity index (χ2n) is 6.15. The van der Waals surface area contributed by atoms with Crippen molar-refractivity contribution in [1.82, 2.24) is 5.32 Å². The highest BCUT2D eigenvalue weighted by atomic mass is 35.5. The van der Waals surface area contributed by atoms with Crippen LogP contribution in [0.4, 0.5) is 5.69 Å². The number of hydrogen-bond donors (Lipinski definition) is 3. The lowest BCUT2D eigenvalue weighted by Crippen LogP contribution is -2.31. The summed E-state index contributed by atoms with van der Waals surface area (Å²) >= 11 is 12.1. The van der Waals surface area contributed by atoms with E-state index in [4.69, 9.17) is 23.2 Å². The molecule has 0 fully saturated rings. The van der Waals surface area contributed by atoms with Crippen LogP contribution in [0.1, 0.15) is 22.7 Å². The molecule has 1 unspecified atom stereocenters. The molecule has 0 saturated carbocycles. The number of sulfonamides is 1. The molecule has 1 aliphatic rings. The second kappa shape index (κ2) is 7.03. The van der Waals surface area contributed by atoms with E-state index in [-0.39, 0.29) is 17.5 Å². The predicted molar refractivity (Wildman–Crippen MR) is 101 cm³/mol. The van der Waals surface area contributed by atoms with Gasteiger partial charge < -0.3 is 10.4 Å². The first-order valence-electron chi connectivity index (χ1n) is 7.74. The van der Waals surface area contributed by atoms with Gasteiger partial charge in [-0.25, -0.2) is 8.42 Å². The normalized spacial score (nSPS) is 17.2. The van der Waals surface area contributed by atoms with E-state index in [9.17, 15) is 13.5 Å². The van der Waals surface area contributed by atoms with Gasteiger partial charge >= 0.3 is 0 Å². The highest BCUT2D eigenvalue weighted by Gasteiger charge is 2.23. The second-order valence-corrected chi connectivity index (χ2v) is 8.71. The van der Waals surface area contributed by atoms with Gasteiger partial charge in [-0.1, -0.05) is 29.3 Å². The van der Waals surface area contributed by atoms with Crippen LogP contribution in [0.15, 0.2) is 30.3 Å². The van der Waals surface area contributed by atoms with Crippen LogP contribution < -0.4 is 10.0 Å². The third-order valence-corrected chi connectivity index (χ3v) is 5.47. The van der Waals surface area contributed by atoms with Crippen LogP contribution in [0.3, 0.4) is 0 Å². The van der Waals surface area contributed by atoms with Crippen LogP contribution in [-0.2, 0) is 22.9 Å². The van der Waals surface area contributed by atoms with Crippen LogP contribution >= 0.6 is 23.2 Å². The first kappa shape index (κ1) is 18.3. The molecule has 25 heavy (non-hydrogen) atoms. The number of phenols is 1. The Labute approximate surface area is 157 Å². The topological polar surface area (TPSA) is 78.4 Å². The van der Waals surface area contributed by atoms with E-state index < -0.39 is 10.0 Å². The SMILES string of the molecule is CS(=O)(=O)Nc1cc2c(cc1O)CCNC2Cc1ccc(Cl)c(Cl)c1. The molecule has 3 rings (SSSR count). The van der Waals surface area contributed by atoms with Crippen molar-refractivity contribution in [2.75, 3.05) is 17.5 Å². The Kier molecular flexibility index (Phi) is 5.16. The van der Waals surface area contributed by atoms with Crippen molar-refractivity contribution in [1.29, 1.82) is 0 Å². The van der Waals surface area contributed by atoms with E-state index in [2.05, 4.69) is 10.0 Å².